The minimum absolute atomic E-state index is 0.376. The molecule has 0 aromatic heterocycles. The zero-order valence-corrected chi connectivity index (χ0v) is 15.6. The van der Waals surface area contributed by atoms with Gasteiger partial charge in [-0.1, -0.05) is 29.8 Å². The predicted octanol–water partition coefficient (Wildman–Crippen LogP) is 3.14. The van der Waals surface area contributed by atoms with Crippen LogP contribution in [-0.4, -0.2) is 33.7 Å². The van der Waals surface area contributed by atoms with E-state index in [1.54, 1.807) is 55.5 Å². The largest absolute Gasteiger partial charge is 0.479 e. The van der Waals surface area contributed by atoms with Crippen molar-refractivity contribution in [3.8, 4) is 5.75 Å². The van der Waals surface area contributed by atoms with E-state index in [4.69, 9.17) is 16.3 Å². The number of carbonyl (C=O) groups is 1. The molecular weight excluding hydrogens is 364 g/mol. The van der Waals surface area contributed by atoms with Gasteiger partial charge in [0, 0.05) is 12.7 Å². The molecule has 134 valence electrons. The molecule has 0 radical (unpaired) electrons. The van der Waals surface area contributed by atoms with Gasteiger partial charge in [-0.3, -0.25) is 9.10 Å². The molecule has 1 atom stereocenters. The predicted molar refractivity (Wildman–Crippen MR) is 99.9 cm³/mol. The van der Waals surface area contributed by atoms with E-state index in [1.165, 1.54) is 7.05 Å². The van der Waals surface area contributed by atoms with Gasteiger partial charge < -0.3 is 10.1 Å². The van der Waals surface area contributed by atoms with Gasteiger partial charge in [-0.15, -0.1) is 0 Å². The molecule has 0 aliphatic heterocycles. The van der Waals surface area contributed by atoms with E-state index >= 15 is 0 Å². The topological polar surface area (TPSA) is 75.7 Å². The number of halogens is 1. The third kappa shape index (κ3) is 5.11. The smallest absolute Gasteiger partial charge is 0.265 e. The zero-order valence-electron chi connectivity index (χ0n) is 14.1. The normalized spacial score (nSPS) is 12.3. The van der Waals surface area contributed by atoms with Crippen LogP contribution in [0.15, 0.2) is 48.5 Å². The van der Waals surface area contributed by atoms with Crippen molar-refractivity contribution >= 4 is 38.9 Å². The fourth-order valence-corrected chi connectivity index (χ4v) is 2.68. The first-order valence-corrected chi connectivity index (χ1v) is 9.67. The highest BCUT2D eigenvalue weighted by molar-refractivity contribution is 7.92. The Bertz CT molecular complexity index is 870. The lowest BCUT2D eigenvalue weighted by molar-refractivity contribution is -0.122. The Morgan fingerprint density at radius 1 is 1.20 bits per heavy atom. The SMILES string of the molecule is C[C@H](Oc1ccccc1Cl)C(=O)Nc1cccc(N(C)S(C)(=O)=O)c1. The number of hydrogen-bond acceptors (Lipinski definition) is 4. The number of benzene rings is 2. The highest BCUT2D eigenvalue weighted by Crippen LogP contribution is 2.25. The molecular formula is C17H19ClN2O4S. The average molecular weight is 383 g/mol. The molecule has 6 nitrogen and oxygen atoms in total. The van der Waals surface area contributed by atoms with Gasteiger partial charge in [0.25, 0.3) is 5.91 Å². The van der Waals surface area contributed by atoms with E-state index in [9.17, 15) is 13.2 Å². The minimum Gasteiger partial charge on any atom is -0.479 e. The maximum atomic E-state index is 12.3. The first-order valence-electron chi connectivity index (χ1n) is 7.44. The zero-order chi connectivity index (χ0) is 18.6. The second kappa shape index (κ2) is 7.76. The summed E-state index contributed by atoms with van der Waals surface area (Å²) in [5, 5.41) is 3.12. The molecule has 0 unspecified atom stereocenters. The van der Waals surface area contributed by atoms with Gasteiger partial charge in [0.1, 0.15) is 5.75 Å². The van der Waals surface area contributed by atoms with Crippen LogP contribution in [0.5, 0.6) is 5.75 Å². The van der Waals surface area contributed by atoms with Crippen molar-refractivity contribution in [1.29, 1.82) is 0 Å². The van der Waals surface area contributed by atoms with Crippen LogP contribution in [0.3, 0.4) is 0 Å². The van der Waals surface area contributed by atoms with Crippen LogP contribution in [0.4, 0.5) is 11.4 Å². The lowest BCUT2D eigenvalue weighted by Gasteiger charge is -2.19. The molecule has 0 saturated carbocycles. The highest BCUT2D eigenvalue weighted by Gasteiger charge is 2.17. The van der Waals surface area contributed by atoms with Gasteiger partial charge >= 0.3 is 0 Å². The molecule has 25 heavy (non-hydrogen) atoms. The molecule has 0 fully saturated rings. The number of anilines is 2. The summed E-state index contributed by atoms with van der Waals surface area (Å²) in [5.41, 5.74) is 0.910. The summed E-state index contributed by atoms with van der Waals surface area (Å²) in [4.78, 5) is 12.3. The number of ether oxygens (including phenoxy) is 1. The fourth-order valence-electron chi connectivity index (χ4n) is 2.00. The molecule has 0 aliphatic carbocycles. The number of rotatable bonds is 6. The Hall–Kier alpha value is -2.25. The number of nitrogens with one attached hydrogen (secondary N) is 1. The molecule has 2 aromatic rings. The molecule has 2 aromatic carbocycles. The van der Waals surface area contributed by atoms with Gasteiger partial charge in [-0.2, -0.15) is 0 Å². The first kappa shape index (κ1) is 19.1. The van der Waals surface area contributed by atoms with E-state index in [0.29, 0.717) is 22.1 Å². The van der Waals surface area contributed by atoms with E-state index in [1.807, 2.05) is 0 Å². The van der Waals surface area contributed by atoms with Gasteiger partial charge in [0.05, 0.1) is 17.0 Å². The standard InChI is InChI=1S/C17H19ClN2O4S/c1-12(24-16-10-5-4-9-15(16)18)17(21)19-13-7-6-8-14(11-13)20(2)25(3,22)23/h4-12H,1-3H3,(H,19,21)/t12-/m0/s1. The number of sulfonamides is 1. The molecule has 0 spiro atoms. The Morgan fingerprint density at radius 3 is 2.52 bits per heavy atom. The van der Waals surface area contributed by atoms with Crippen molar-refractivity contribution in [1.82, 2.24) is 0 Å². The van der Waals surface area contributed by atoms with Gasteiger partial charge in [-0.25, -0.2) is 8.42 Å². The van der Waals surface area contributed by atoms with Crippen molar-refractivity contribution in [3.05, 3.63) is 53.6 Å². The molecule has 1 N–H and O–H groups in total. The molecule has 0 saturated heterocycles. The Morgan fingerprint density at radius 2 is 1.88 bits per heavy atom. The Balaban J connectivity index is 2.09. The van der Waals surface area contributed by atoms with Gasteiger partial charge in [-0.05, 0) is 37.3 Å². The van der Waals surface area contributed by atoms with Crippen molar-refractivity contribution < 1.29 is 17.9 Å². The van der Waals surface area contributed by atoms with Gasteiger partial charge in [0.15, 0.2) is 6.10 Å². The van der Waals surface area contributed by atoms with Gasteiger partial charge in [0.2, 0.25) is 10.0 Å². The van der Waals surface area contributed by atoms with Crippen molar-refractivity contribution in [2.75, 3.05) is 22.9 Å². The van der Waals surface area contributed by atoms with Crippen molar-refractivity contribution in [3.63, 3.8) is 0 Å². The monoisotopic (exact) mass is 382 g/mol. The quantitative estimate of drug-likeness (QED) is 0.832. The number of amides is 1. The molecule has 2 rings (SSSR count). The van der Waals surface area contributed by atoms with E-state index < -0.39 is 16.1 Å². The molecule has 0 bridgehead atoms. The third-order valence-corrected chi connectivity index (χ3v) is 5.00. The molecule has 1 amide bonds. The third-order valence-electron chi connectivity index (χ3n) is 3.48. The van der Waals surface area contributed by atoms with Crippen LogP contribution in [0.25, 0.3) is 0 Å². The minimum atomic E-state index is -3.38. The van der Waals surface area contributed by atoms with Crippen LogP contribution >= 0.6 is 11.6 Å². The van der Waals surface area contributed by atoms with Crippen molar-refractivity contribution in [2.45, 2.75) is 13.0 Å². The second-order valence-electron chi connectivity index (χ2n) is 5.46. The first-order chi connectivity index (χ1) is 11.7. The van der Waals surface area contributed by atoms with Crippen LogP contribution in [0.1, 0.15) is 6.92 Å². The number of para-hydroxylation sites is 1. The summed E-state index contributed by atoms with van der Waals surface area (Å²) in [6, 6.07) is 13.4. The summed E-state index contributed by atoms with van der Waals surface area (Å²) in [7, 11) is -1.94. The number of nitrogens with zero attached hydrogens (tertiary/aromatic N) is 1. The fraction of sp³-hybridized carbons (Fsp3) is 0.235. The summed E-state index contributed by atoms with van der Waals surface area (Å²) in [6.07, 6.45) is 0.328. The summed E-state index contributed by atoms with van der Waals surface area (Å²) >= 11 is 6.01. The van der Waals surface area contributed by atoms with Crippen LogP contribution in [0, 0.1) is 0 Å². The number of hydrogen-bond donors (Lipinski definition) is 1. The molecule has 8 heteroatoms. The number of carbonyl (C=O) groups excluding carboxylic acids is 1. The Labute approximate surface area is 152 Å². The second-order valence-corrected chi connectivity index (χ2v) is 7.88. The van der Waals surface area contributed by atoms with Crippen LogP contribution < -0.4 is 14.4 Å². The maximum absolute atomic E-state index is 12.3. The van der Waals surface area contributed by atoms with Crippen LogP contribution in [-0.2, 0) is 14.8 Å². The van der Waals surface area contributed by atoms with E-state index in [0.717, 1.165) is 10.6 Å². The average Bonchev–Trinajstić information content (AvgIpc) is 2.55. The molecule has 0 aliphatic rings. The highest BCUT2D eigenvalue weighted by atomic mass is 35.5. The molecule has 0 heterocycles. The summed E-state index contributed by atoms with van der Waals surface area (Å²) in [5.74, 6) is 0.0384. The Kier molecular flexibility index (Phi) is 5.92. The van der Waals surface area contributed by atoms with E-state index in [-0.39, 0.29) is 5.91 Å². The lowest BCUT2D eigenvalue weighted by Crippen LogP contribution is -2.30. The lowest BCUT2D eigenvalue weighted by atomic mass is 10.2. The maximum Gasteiger partial charge on any atom is 0.265 e. The van der Waals surface area contributed by atoms with E-state index in [2.05, 4.69) is 5.32 Å². The summed E-state index contributed by atoms with van der Waals surface area (Å²) in [6.45, 7) is 1.60. The summed E-state index contributed by atoms with van der Waals surface area (Å²) < 4.78 is 29.9. The van der Waals surface area contributed by atoms with Crippen LogP contribution in [0.2, 0.25) is 5.02 Å². The van der Waals surface area contributed by atoms with Crippen molar-refractivity contribution in [2.24, 2.45) is 0 Å².